The molecule has 0 amide bonds. The molecular formula is C17H26N4. The zero-order valence-electron chi connectivity index (χ0n) is 13.3. The highest BCUT2D eigenvalue weighted by molar-refractivity contribution is 5.57. The fourth-order valence-electron chi connectivity index (χ4n) is 2.82. The molecule has 0 spiro atoms. The maximum absolute atomic E-state index is 4.92. The molecule has 2 heterocycles. The Kier molecular flexibility index (Phi) is 4.15. The van der Waals surface area contributed by atoms with E-state index < -0.39 is 0 Å². The third kappa shape index (κ3) is 3.05. The van der Waals surface area contributed by atoms with Gasteiger partial charge in [0.15, 0.2) is 5.82 Å². The van der Waals surface area contributed by atoms with Crippen molar-refractivity contribution in [3.05, 3.63) is 30.1 Å². The number of anilines is 1. The van der Waals surface area contributed by atoms with E-state index >= 15 is 0 Å². The summed E-state index contributed by atoms with van der Waals surface area (Å²) in [5.41, 5.74) is 2.34. The van der Waals surface area contributed by atoms with Crippen LogP contribution in [0.15, 0.2) is 24.4 Å². The number of nitrogens with zero attached hydrogens (tertiary/aromatic N) is 3. The Morgan fingerprint density at radius 1 is 1.38 bits per heavy atom. The van der Waals surface area contributed by atoms with Crippen LogP contribution in [-0.2, 0) is 6.54 Å². The summed E-state index contributed by atoms with van der Waals surface area (Å²) in [6, 6.07) is 7.42. The summed E-state index contributed by atoms with van der Waals surface area (Å²) in [5, 5.41) is 3.55. The Balaban J connectivity index is 2.00. The van der Waals surface area contributed by atoms with Gasteiger partial charge in [0.1, 0.15) is 5.65 Å². The quantitative estimate of drug-likeness (QED) is 0.848. The van der Waals surface area contributed by atoms with Gasteiger partial charge in [0.2, 0.25) is 0 Å². The number of pyridine rings is 1. The molecule has 0 saturated heterocycles. The molecule has 4 nitrogen and oxygen atoms in total. The first-order valence-corrected chi connectivity index (χ1v) is 8.16. The molecule has 4 heteroatoms. The van der Waals surface area contributed by atoms with Gasteiger partial charge in [-0.05, 0) is 31.4 Å². The van der Waals surface area contributed by atoms with Crippen molar-refractivity contribution < 1.29 is 0 Å². The first-order chi connectivity index (χ1) is 10.2. The van der Waals surface area contributed by atoms with Crippen LogP contribution < -0.4 is 10.2 Å². The molecule has 0 aliphatic heterocycles. The molecule has 0 radical (unpaired) electrons. The monoisotopic (exact) mass is 286 g/mol. The van der Waals surface area contributed by atoms with Crippen molar-refractivity contribution in [1.29, 1.82) is 0 Å². The molecule has 0 aromatic carbocycles. The molecule has 2 aromatic heterocycles. The average molecular weight is 286 g/mol. The van der Waals surface area contributed by atoms with E-state index in [-0.39, 0.29) is 0 Å². The highest BCUT2D eigenvalue weighted by atomic mass is 15.3. The molecule has 3 rings (SSSR count). The minimum Gasteiger partial charge on any atom is -0.352 e. The van der Waals surface area contributed by atoms with E-state index in [1.165, 1.54) is 30.8 Å². The van der Waals surface area contributed by atoms with Crippen molar-refractivity contribution in [2.75, 3.05) is 11.4 Å². The predicted octanol–water partition coefficient (Wildman–Crippen LogP) is 3.21. The lowest BCUT2D eigenvalue weighted by Gasteiger charge is -2.23. The van der Waals surface area contributed by atoms with Crippen LogP contribution in [0.3, 0.4) is 0 Å². The maximum Gasteiger partial charge on any atom is 0.152 e. The highest BCUT2D eigenvalue weighted by Crippen LogP contribution is 2.33. The maximum atomic E-state index is 4.92. The Hall–Kier alpha value is -1.55. The second-order valence-corrected chi connectivity index (χ2v) is 6.27. The molecule has 2 aromatic rings. The van der Waals surface area contributed by atoms with E-state index in [9.17, 15) is 0 Å². The molecule has 1 aliphatic rings. The zero-order valence-corrected chi connectivity index (χ0v) is 13.3. The van der Waals surface area contributed by atoms with Crippen molar-refractivity contribution in [3.63, 3.8) is 0 Å². The third-order valence-electron chi connectivity index (χ3n) is 4.01. The van der Waals surface area contributed by atoms with Crippen LogP contribution in [0.1, 0.15) is 45.7 Å². The van der Waals surface area contributed by atoms with E-state index in [0.717, 1.165) is 18.7 Å². The van der Waals surface area contributed by atoms with Gasteiger partial charge in [-0.1, -0.05) is 26.8 Å². The largest absolute Gasteiger partial charge is 0.352 e. The molecule has 0 atom stereocenters. The number of aromatic nitrogens is 2. The van der Waals surface area contributed by atoms with Crippen LogP contribution in [0.5, 0.6) is 0 Å². The number of imidazole rings is 1. The van der Waals surface area contributed by atoms with Crippen molar-refractivity contribution >= 4 is 11.5 Å². The SMILES string of the molecule is CCCN(c1nc2ccccn2c1CNC(C)C)C1CC1. The van der Waals surface area contributed by atoms with Crippen LogP contribution in [0.2, 0.25) is 0 Å². The molecule has 0 unspecified atom stereocenters. The predicted molar refractivity (Wildman–Crippen MR) is 87.8 cm³/mol. The van der Waals surface area contributed by atoms with Gasteiger partial charge in [0.25, 0.3) is 0 Å². The first kappa shape index (κ1) is 14.4. The van der Waals surface area contributed by atoms with Crippen LogP contribution in [0.25, 0.3) is 5.65 Å². The molecular weight excluding hydrogens is 260 g/mol. The number of rotatable bonds is 7. The summed E-state index contributed by atoms with van der Waals surface area (Å²) in [4.78, 5) is 7.44. The lowest BCUT2D eigenvalue weighted by Crippen LogP contribution is -2.30. The summed E-state index contributed by atoms with van der Waals surface area (Å²) in [6.07, 6.45) is 5.91. The highest BCUT2D eigenvalue weighted by Gasteiger charge is 2.31. The summed E-state index contributed by atoms with van der Waals surface area (Å²) < 4.78 is 2.23. The standard InChI is InChI=1S/C17H26N4/c1-4-10-20(14-8-9-14)17-15(12-18-13(2)3)21-11-6-5-7-16(21)19-17/h5-7,11,13-14,18H,4,8-10,12H2,1-3H3. The molecule has 0 bridgehead atoms. The van der Waals surface area contributed by atoms with Gasteiger partial charge in [-0.25, -0.2) is 4.98 Å². The lowest BCUT2D eigenvalue weighted by atomic mass is 10.3. The van der Waals surface area contributed by atoms with Gasteiger partial charge in [-0.2, -0.15) is 0 Å². The van der Waals surface area contributed by atoms with E-state index in [1.807, 2.05) is 0 Å². The van der Waals surface area contributed by atoms with Gasteiger partial charge < -0.3 is 14.6 Å². The number of nitrogens with one attached hydrogen (secondary N) is 1. The van der Waals surface area contributed by atoms with Gasteiger partial charge in [-0.15, -0.1) is 0 Å². The third-order valence-corrected chi connectivity index (χ3v) is 4.01. The van der Waals surface area contributed by atoms with Gasteiger partial charge in [0, 0.05) is 31.4 Å². The molecule has 21 heavy (non-hydrogen) atoms. The van der Waals surface area contributed by atoms with E-state index in [2.05, 4.69) is 59.8 Å². The number of fused-ring (bicyclic) bond motifs is 1. The topological polar surface area (TPSA) is 32.6 Å². The van der Waals surface area contributed by atoms with Gasteiger partial charge in [-0.3, -0.25) is 0 Å². The Morgan fingerprint density at radius 3 is 2.86 bits per heavy atom. The molecule has 1 N–H and O–H groups in total. The van der Waals surface area contributed by atoms with Crippen molar-refractivity contribution in [1.82, 2.24) is 14.7 Å². The normalized spacial score (nSPS) is 15.0. The van der Waals surface area contributed by atoms with Crippen LogP contribution in [-0.4, -0.2) is 28.0 Å². The molecule has 114 valence electrons. The fraction of sp³-hybridized carbons (Fsp3) is 0.588. The summed E-state index contributed by atoms with van der Waals surface area (Å²) in [5.74, 6) is 1.18. The number of hydrogen-bond donors (Lipinski definition) is 1. The van der Waals surface area contributed by atoms with Crippen LogP contribution in [0.4, 0.5) is 5.82 Å². The molecule has 1 aliphatic carbocycles. The van der Waals surface area contributed by atoms with Crippen LogP contribution in [0, 0.1) is 0 Å². The van der Waals surface area contributed by atoms with Gasteiger partial charge >= 0.3 is 0 Å². The Labute approximate surface area is 127 Å². The van der Waals surface area contributed by atoms with E-state index in [0.29, 0.717) is 12.1 Å². The van der Waals surface area contributed by atoms with Crippen molar-refractivity contribution in [3.8, 4) is 0 Å². The smallest absolute Gasteiger partial charge is 0.152 e. The van der Waals surface area contributed by atoms with Crippen LogP contribution >= 0.6 is 0 Å². The Morgan fingerprint density at radius 2 is 2.19 bits per heavy atom. The van der Waals surface area contributed by atoms with E-state index in [4.69, 9.17) is 4.98 Å². The molecule has 1 saturated carbocycles. The summed E-state index contributed by atoms with van der Waals surface area (Å²) >= 11 is 0. The minimum absolute atomic E-state index is 0.479. The second-order valence-electron chi connectivity index (χ2n) is 6.27. The summed E-state index contributed by atoms with van der Waals surface area (Å²) in [7, 11) is 0. The lowest BCUT2D eigenvalue weighted by molar-refractivity contribution is 0.577. The van der Waals surface area contributed by atoms with Crippen molar-refractivity contribution in [2.45, 2.75) is 58.7 Å². The minimum atomic E-state index is 0.479. The van der Waals surface area contributed by atoms with Gasteiger partial charge in [0.05, 0.1) is 5.69 Å². The molecule has 1 fully saturated rings. The second kappa shape index (κ2) is 6.06. The summed E-state index contributed by atoms with van der Waals surface area (Å²) in [6.45, 7) is 8.59. The Bertz CT molecular complexity index is 598. The first-order valence-electron chi connectivity index (χ1n) is 8.16. The average Bonchev–Trinajstić information content (AvgIpc) is 3.23. The van der Waals surface area contributed by atoms with E-state index in [1.54, 1.807) is 0 Å². The van der Waals surface area contributed by atoms with Crippen molar-refractivity contribution in [2.24, 2.45) is 0 Å². The fourth-order valence-corrected chi connectivity index (χ4v) is 2.82. The zero-order chi connectivity index (χ0) is 14.8. The number of hydrogen-bond acceptors (Lipinski definition) is 3.